The molecule has 0 radical (unpaired) electrons. The Balaban J connectivity index is 2.16. The van der Waals surface area contributed by atoms with Gasteiger partial charge in [0.15, 0.2) is 0 Å². The van der Waals surface area contributed by atoms with Crippen LogP contribution in [0.5, 0.6) is 0 Å². The Morgan fingerprint density at radius 3 is 2.89 bits per heavy atom. The summed E-state index contributed by atoms with van der Waals surface area (Å²) in [7, 11) is 0. The van der Waals surface area contributed by atoms with E-state index in [0.717, 1.165) is 25.5 Å². The van der Waals surface area contributed by atoms with Crippen LogP contribution in [-0.2, 0) is 0 Å². The molecule has 1 fully saturated rings. The molecule has 1 heterocycles. The Hall–Kier alpha value is -1.76. The molecule has 2 N–H and O–H groups in total. The van der Waals surface area contributed by atoms with E-state index in [-0.39, 0.29) is 11.7 Å². The van der Waals surface area contributed by atoms with Gasteiger partial charge < -0.3 is 10.6 Å². The number of nitro benzene ring substituents is 1. The van der Waals surface area contributed by atoms with Crippen LogP contribution in [0.4, 0.5) is 20.2 Å². The fraction of sp³-hybridized carbons (Fsp3) is 0.455. The largest absolute Gasteiger partial charge is 0.378 e. The number of anilines is 1. The molecule has 1 aromatic rings. The van der Waals surface area contributed by atoms with E-state index in [4.69, 9.17) is 0 Å². The molecule has 5 nitrogen and oxygen atoms in total. The molecule has 0 bridgehead atoms. The van der Waals surface area contributed by atoms with Crippen LogP contribution in [0.2, 0.25) is 0 Å². The third-order valence-corrected chi connectivity index (χ3v) is 2.91. The standard InChI is InChI=1S/C11H13F2N3O2/c12-7-4-9(13)11(16(17)18)10(5-7)15-6-8-2-1-3-14-8/h4-5,8,14-15H,1-3,6H2. The molecule has 2 rings (SSSR count). The van der Waals surface area contributed by atoms with E-state index < -0.39 is 22.2 Å². The Labute approximate surface area is 102 Å². The maximum Gasteiger partial charge on any atom is 0.327 e. The summed E-state index contributed by atoms with van der Waals surface area (Å²) >= 11 is 0. The lowest BCUT2D eigenvalue weighted by atomic mass is 10.2. The van der Waals surface area contributed by atoms with E-state index in [1.165, 1.54) is 0 Å². The SMILES string of the molecule is O=[N+]([O-])c1c(F)cc(F)cc1NCC1CCCN1. The first-order valence-electron chi connectivity index (χ1n) is 5.68. The van der Waals surface area contributed by atoms with Crippen molar-refractivity contribution in [2.24, 2.45) is 0 Å². The number of nitrogens with one attached hydrogen (secondary N) is 2. The molecule has 1 aliphatic rings. The van der Waals surface area contributed by atoms with Gasteiger partial charge in [-0.15, -0.1) is 0 Å². The Morgan fingerprint density at radius 2 is 2.28 bits per heavy atom. The van der Waals surface area contributed by atoms with E-state index >= 15 is 0 Å². The van der Waals surface area contributed by atoms with Gasteiger partial charge in [-0.2, -0.15) is 4.39 Å². The van der Waals surface area contributed by atoms with E-state index in [9.17, 15) is 18.9 Å². The monoisotopic (exact) mass is 257 g/mol. The fourth-order valence-corrected chi connectivity index (χ4v) is 2.05. The van der Waals surface area contributed by atoms with Crippen LogP contribution >= 0.6 is 0 Å². The van der Waals surface area contributed by atoms with Crippen molar-refractivity contribution in [2.75, 3.05) is 18.4 Å². The van der Waals surface area contributed by atoms with E-state index in [1.807, 2.05) is 0 Å². The highest BCUT2D eigenvalue weighted by Gasteiger charge is 2.23. The minimum atomic E-state index is -1.16. The van der Waals surface area contributed by atoms with Gasteiger partial charge in [-0.05, 0) is 19.4 Å². The number of rotatable bonds is 4. The van der Waals surface area contributed by atoms with Gasteiger partial charge in [0, 0.05) is 24.7 Å². The van der Waals surface area contributed by atoms with Gasteiger partial charge in [0.1, 0.15) is 11.5 Å². The molecule has 1 saturated heterocycles. The molecule has 7 heteroatoms. The van der Waals surface area contributed by atoms with Crippen LogP contribution in [0.25, 0.3) is 0 Å². The lowest BCUT2D eigenvalue weighted by Gasteiger charge is -2.13. The van der Waals surface area contributed by atoms with Crippen LogP contribution in [-0.4, -0.2) is 24.1 Å². The minimum Gasteiger partial charge on any atom is -0.378 e. The summed E-state index contributed by atoms with van der Waals surface area (Å²) in [5, 5.41) is 16.7. The first-order chi connectivity index (χ1) is 8.58. The lowest BCUT2D eigenvalue weighted by molar-refractivity contribution is -0.386. The van der Waals surface area contributed by atoms with E-state index in [2.05, 4.69) is 10.6 Å². The molecule has 0 saturated carbocycles. The summed E-state index contributed by atoms with van der Waals surface area (Å²) in [4.78, 5) is 9.89. The average molecular weight is 257 g/mol. The smallest absolute Gasteiger partial charge is 0.327 e. The highest BCUT2D eigenvalue weighted by molar-refractivity contribution is 5.62. The Kier molecular flexibility index (Phi) is 3.71. The molecule has 1 atom stereocenters. The van der Waals surface area contributed by atoms with Crippen molar-refractivity contribution in [3.63, 3.8) is 0 Å². The number of hydrogen-bond donors (Lipinski definition) is 2. The molecule has 0 aromatic heterocycles. The molecule has 0 aliphatic carbocycles. The molecular formula is C11H13F2N3O2. The zero-order valence-electron chi connectivity index (χ0n) is 9.58. The third kappa shape index (κ3) is 2.73. The molecule has 98 valence electrons. The van der Waals surface area contributed by atoms with Gasteiger partial charge >= 0.3 is 5.69 Å². The van der Waals surface area contributed by atoms with Crippen molar-refractivity contribution in [1.82, 2.24) is 5.32 Å². The second-order valence-electron chi connectivity index (χ2n) is 4.22. The molecule has 0 spiro atoms. The average Bonchev–Trinajstić information content (AvgIpc) is 2.77. The van der Waals surface area contributed by atoms with Crippen LogP contribution in [0.3, 0.4) is 0 Å². The lowest BCUT2D eigenvalue weighted by Crippen LogP contribution is -2.29. The summed E-state index contributed by atoms with van der Waals surface area (Å²) in [6, 6.07) is 1.63. The fourth-order valence-electron chi connectivity index (χ4n) is 2.05. The molecular weight excluding hydrogens is 244 g/mol. The van der Waals surface area contributed by atoms with Gasteiger partial charge in [0.05, 0.1) is 4.92 Å². The van der Waals surface area contributed by atoms with Crippen molar-refractivity contribution in [1.29, 1.82) is 0 Å². The zero-order valence-corrected chi connectivity index (χ0v) is 9.58. The first-order valence-corrected chi connectivity index (χ1v) is 5.68. The quantitative estimate of drug-likeness (QED) is 0.639. The summed E-state index contributed by atoms with van der Waals surface area (Å²) < 4.78 is 26.4. The van der Waals surface area contributed by atoms with Crippen LogP contribution in [0.15, 0.2) is 12.1 Å². The number of nitro groups is 1. The van der Waals surface area contributed by atoms with Crippen molar-refractivity contribution >= 4 is 11.4 Å². The summed E-state index contributed by atoms with van der Waals surface area (Å²) in [6.45, 7) is 1.30. The second kappa shape index (κ2) is 5.26. The molecule has 0 amide bonds. The summed E-state index contributed by atoms with van der Waals surface area (Å²) in [5.41, 5.74) is -0.833. The molecule has 1 aromatic carbocycles. The Morgan fingerprint density at radius 1 is 1.50 bits per heavy atom. The molecule has 1 aliphatic heterocycles. The third-order valence-electron chi connectivity index (χ3n) is 2.91. The van der Waals surface area contributed by atoms with Crippen molar-refractivity contribution in [2.45, 2.75) is 18.9 Å². The van der Waals surface area contributed by atoms with Gasteiger partial charge in [-0.25, -0.2) is 4.39 Å². The second-order valence-corrected chi connectivity index (χ2v) is 4.22. The molecule has 18 heavy (non-hydrogen) atoms. The highest BCUT2D eigenvalue weighted by Crippen LogP contribution is 2.28. The van der Waals surface area contributed by atoms with Gasteiger partial charge in [-0.3, -0.25) is 10.1 Å². The summed E-state index contributed by atoms with van der Waals surface area (Å²) in [6.07, 6.45) is 1.98. The Bertz CT molecular complexity index is 462. The van der Waals surface area contributed by atoms with Crippen molar-refractivity contribution in [3.8, 4) is 0 Å². The van der Waals surface area contributed by atoms with E-state index in [1.54, 1.807) is 0 Å². The number of halogens is 2. The maximum absolute atomic E-state index is 13.3. The van der Waals surface area contributed by atoms with Gasteiger partial charge in [0.2, 0.25) is 5.82 Å². The number of nitrogens with zero attached hydrogens (tertiary/aromatic N) is 1. The van der Waals surface area contributed by atoms with Gasteiger partial charge in [-0.1, -0.05) is 0 Å². The number of hydrogen-bond acceptors (Lipinski definition) is 4. The predicted octanol–water partition coefficient (Wildman–Crippen LogP) is 2.04. The van der Waals surface area contributed by atoms with Crippen LogP contribution in [0, 0.1) is 21.7 Å². The summed E-state index contributed by atoms with van der Waals surface area (Å²) in [5.74, 6) is -2.00. The maximum atomic E-state index is 13.3. The zero-order chi connectivity index (χ0) is 13.1. The normalized spacial score (nSPS) is 18.9. The number of benzene rings is 1. The first kappa shape index (κ1) is 12.7. The predicted molar refractivity (Wildman–Crippen MR) is 62.5 cm³/mol. The van der Waals surface area contributed by atoms with E-state index in [0.29, 0.717) is 12.6 Å². The molecule has 1 unspecified atom stereocenters. The highest BCUT2D eigenvalue weighted by atomic mass is 19.1. The van der Waals surface area contributed by atoms with Crippen molar-refractivity contribution < 1.29 is 13.7 Å². The minimum absolute atomic E-state index is 0.119. The van der Waals surface area contributed by atoms with Crippen LogP contribution in [0.1, 0.15) is 12.8 Å². The van der Waals surface area contributed by atoms with Gasteiger partial charge in [0.25, 0.3) is 0 Å². The van der Waals surface area contributed by atoms with Crippen LogP contribution < -0.4 is 10.6 Å². The topological polar surface area (TPSA) is 67.2 Å². The van der Waals surface area contributed by atoms with Crippen molar-refractivity contribution in [3.05, 3.63) is 33.9 Å².